The molecule has 0 fully saturated rings. The van der Waals surface area contributed by atoms with Gasteiger partial charge in [-0.2, -0.15) is 0 Å². The van der Waals surface area contributed by atoms with Gasteiger partial charge in [-0.25, -0.2) is 4.39 Å². The topological polar surface area (TPSA) is 42.3 Å². The Hall–Kier alpha value is -1.65. The molecule has 0 saturated carbocycles. The first-order chi connectivity index (χ1) is 8.58. The second-order valence-corrected chi connectivity index (χ2v) is 4.19. The van der Waals surface area contributed by atoms with Crippen LogP contribution in [0.1, 0.15) is 26.7 Å². The van der Waals surface area contributed by atoms with E-state index in [1.54, 1.807) is 4.90 Å². The van der Waals surface area contributed by atoms with Crippen LogP contribution in [0.2, 0.25) is 0 Å². The van der Waals surface area contributed by atoms with Crippen LogP contribution in [-0.4, -0.2) is 28.5 Å². The summed E-state index contributed by atoms with van der Waals surface area (Å²) in [6.45, 7) is 5.21. The van der Waals surface area contributed by atoms with Crippen molar-refractivity contribution in [2.24, 2.45) is 0 Å². The van der Waals surface area contributed by atoms with Crippen molar-refractivity contribution in [3.8, 4) is 0 Å². The van der Waals surface area contributed by atoms with Gasteiger partial charge in [-0.15, -0.1) is 0 Å². The molecule has 1 rings (SSSR count). The fourth-order valence-corrected chi connectivity index (χ4v) is 1.77. The molecule has 0 aliphatic heterocycles. The fourth-order valence-electron chi connectivity index (χ4n) is 1.77. The van der Waals surface area contributed by atoms with E-state index in [1.807, 2.05) is 13.8 Å². The predicted octanol–water partition coefficient (Wildman–Crippen LogP) is 1.64. The second-order valence-electron chi connectivity index (χ2n) is 4.19. The van der Waals surface area contributed by atoms with E-state index in [-0.39, 0.29) is 18.0 Å². The fraction of sp³-hybridized carbons (Fsp3) is 0.538. The zero-order chi connectivity index (χ0) is 13.5. The Morgan fingerprint density at radius 3 is 2.44 bits per heavy atom. The lowest BCUT2D eigenvalue weighted by Crippen LogP contribution is -2.37. The monoisotopic (exact) mass is 254 g/mol. The molecule has 4 nitrogen and oxygen atoms in total. The van der Waals surface area contributed by atoms with Gasteiger partial charge in [0.05, 0.1) is 0 Å². The van der Waals surface area contributed by atoms with Gasteiger partial charge in [0.25, 0.3) is 5.56 Å². The first kappa shape index (κ1) is 14.4. The molecule has 1 aromatic rings. The van der Waals surface area contributed by atoms with Crippen molar-refractivity contribution >= 4 is 5.91 Å². The average molecular weight is 254 g/mol. The van der Waals surface area contributed by atoms with Crippen LogP contribution >= 0.6 is 0 Å². The molecule has 1 amide bonds. The van der Waals surface area contributed by atoms with E-state index in [4.69, 9.17) is 0 Å². The van der Waals surface area contributed by atoms with Crippen LogP contribution in [0.5, 0.6) is 0 Å². The number of carbonyl (C=O) groups excluding carboxylic acids is 1. The molecule has 0 aliphatic carbocycles. The number of aromatic nitrogens is 1. The summed E-state index contributed by atoms with van der Waals surface area (Å²) in [5.41, 5.74) is -0.363. The van der Waals surface area contributed by atoms with E-state index in [0.29, 0.717) is 13.1 Å². The summed E-state index contributed by atoms with van der Waals surface area (Å²) < 4.78 is 14.1. The largest absolute Gasteiger partial charge is 0.341 e. The summed E-state index contributed by atoms with van der Waals surface area (Å²) in [5, 5.41) is 0. The smallest absolute Gasteiger partial charge is 0.251 e. The van der Waals surface area contributed by atoms with E-state index in [2.05, 4.69) is 0 Å². The highest BCUT2D eigenvalue weighted by Crippen LogP contribution is 1.98. The van der Waals surface area contributed by atoms with Crippen molar-refractivity contribution in [1.82, 2.24) is 9.47 Å². The normalized spacial score (nSPS) is 10.4. The van der Waals surface area contributed by atoms with Gasteiger partial charge in [-0.05, 0) is 18.9 Å². The number of hydrogen-bond donors (Lipinski definition) is 0. The molecule has 1 aromatic heterocycles. The summed E-state index contributed by atoms with van der Waals surface area (Å²) in [5.74, 6) is -0.661. The van der Waals surface area contributed by atoms with Crippen LogP contribution in [0, 0.1) is 5.82 Å². The van der Waals surface area contributed by atoms with Crippen LogP contribution < -0.4 is 5.56 Å². The Labute approximate surface area is 106 Å². The molecule has 5 heteroatoms. The third-order valence-corrected chi connectivity index (χ3v) is 2.59. The average Bonchev–Trinajstić information content (AvgIpc) is 2.33. The maximum absolute atomic E-state index is 13.0. The highest BCUT2D eigenvalue weighted by atomic mass is 19.1. The number of hydrogen-bond acceptors (Lipinski definition) is 2. The molecule has 0 N–H and O–H groups in total. The zero-order valence-corrected chi connectivity index (χ0v) is 10.9. The molecule has 0 aliphatic rings. The van der Waals surface area contributed by atoms with E-state index in [9.17, 15) is 14.0 Å². The summed E-state index contributed by atoms with van der Waals surface area (Å²) in [6.07, 6.45) is 2.80. The number of carbonyl (C=O) groups is 1. The van der Waals surface area contributed by atoms with Crippen LogP contribution in [0.15, 0.2) is 23.1 Å². The summed E-state index contributed by atoms with van der Waals surface area (Å²) in [7, 11) is 0. The van der Waals surface area contributed by atoms with Gasteiger partial charge in [-0.3, -0.25) is 9.59 Å². The second kappa shape index (κ2) is 6.93. The molecular formula is C13H19FN2O2. The standard InChI is InChI=1S/C13H19FN2O2/c1-3-7-15(8-4-2)13(18)10-16-9-11(14)5-6-12(16)17/h5-6,9H,3-4,7-8,10H2,1-2H3. The molecule has 0 saturated heterocycles. The Kier molecular flexibility index (Phi) is 5.55. The molecule has 0 atom stereocenters. The Morgan fingerprint density at radius 1 is 1.28 bits per heavy atom. The van der Waals surface area contributed by atoms with Gasteiger partial charge in [0, 0.05) is 25.4 Å². The van der Waals surface area contributed by atoms with Crippen molar-refractivity contribution < 1.29 is 9.18 Å². The van der Waals surface area contributed by atoms with Crippen LogP contribution in [0.4, 0.5) is 4.39 Å². The highest BCUT2D eigenvalue weighted by Gasteiger charge is 2.13. The van der Waals surface area contributed by atoms with Crippen LogP contribution in [0.25, 0.3) is 0 Å². The lowest BCUT2D eigenvalue weighted by atomic mass is 10.3. The number of rotatable bonds is 6. The Bertz CT molecular complexity index is 451. The number of amides is 1. The lowest BCUT2D eigenvalue weighted by Gasteiger charge is -2.21. The molecule has 0 radical (unpaired) electrons. The van der Waals surface area contributed by atoms with Gasteiger partial charge in [-0.1, -0.05) is 13.8 Å². The SMILES string of the molecule is CCCN(CCC)C(=O)Cn1cc(F)ccc1=O. The minimum atomic E-state index is -0.514. The number of nitrogens with zero attached hydrogens (tertiary/aromatic N) is 2. The van der Waals surface area contributed by atoms with Gasteiger partial charge < -0.3 is 9.47 Å². The first-order valence-electron chi connectivity index (χ1n) is 6.22. The summed E-state index contributed by atoms with van der Waals surface area (Å²) in [4.78, 5) is 25.2. The van der Waals surface area contributed by atoms with Crippen LogP contribution in [-0.2, 0) is 11.3 Å². The van der Waals surface area contributed by atoms with Gasteiger partial charge in [0.1, 0.15) is 12.4 Å². The quantitative estimate of drug-likeness (QED) is 0.774. The molecule has 18 heavy (non-hydrogen) atoms. The lowest BCUT2D eigenvalue weighted by molar-refractivity contribution is -0.132. The van der Waals surface area contributed by atoms with Crippen molar-refractivity contribution in [1.29, 1.82) is 0 Å². The van der Waals surface area contributed by atoms with Gasteiger partial charge in [0.2, 0.25) is 5.91 Å². The maximum Gasteiger partial charge on any atom is 0.251 e. The van der Waals surface area contributed by atoms with Gasteiger partial charge in [0.15, 0.2) is 0 Å². The first-order valence-corrected chi connectivity index (χ1v) is 6.22. The molecule has 0 unspecified atom stereocenters. The Balaban J connectivity index is 2.78. The molecule has 0 bridgehead atoms. The van der Waals surface area contributed by atoms with Crippen molar-refractivity contribution in [3.05, 3.63) is 34.5 Å². The summed E-state index contributed by atoms with van der Waals surface area (Å²) in [6, 6.07) is 2.23. The molecule has 1 heterocycles. The van der Waals surface area contributed by atoms with E-state index >= 15 is 0 Å². The summed E-state index contributed by atoms with van der Waals surface area (Å²) >= 11 is 0. The molecular weight excluding hydrogens is 235 g/mol. The van der Waals surface area contributed by atoms with E-state index < -0.39 is 5.82 Å². The molecule has 100 valence electrons. The third kappa shape index (κ3) is 3.98. The van der Waals surface area contributed by atoms with Crippen molar-refractivity contribution in [3.63, 3.8) is 0 Å². The predicted molar refractivity (Wildman–Crippen MR) is 67.8 cm³/mol. The minimum absolute atomic E-state index is 0.101. The molecule has 0 aromatic carbocycles. The zero-order valence-electron chi connectivity index (χ0n) is 10.9. The van der Waals surface area contributed by atoms with Crippen molar-refractivity contribution in [2.45, 2.75) is 33.2 Å². The Morgan fingerprint density at radius 2 is 1.89 bits per heavy atom. The van der Waals surface area contributed by atoms with Crippen LogP contribution in [0.3, 0.4) is 0 Å². The van der Waals surface area contributed by atoms with E-state index in [0.717, 1.165) is 35.7 Å². The molecule has 0 spiro atoms. The number of halogens is 1. The number of pyridine rings is 1. The third-order valence-electron chi connectivity index (χ3n) is 2.59. The van der Waals surface area contributed by atoms with Crippen molar-refractivity contribution in [2.75, 3.05) is 13.1 Å². The maximum atomic E-state index is 13.0. The van der Waals surface area contributed by atoms with E-state index in [1.165, 1.54) is 0 Å². The van der Waals surface area contributed by atoms with Gasteiger partial charge >= 0.3 is 0 Å². The highest BCUT2D eigenvalue weighted by molar-refractivity contribution is 5.75. The minimum Gasteiger partial charge on any atom is -0.341 e.